The number of benzene rings is 3. The van der Waals surface area contributed by atoms with Crippen molar-refractivity contribution in [2.75, 3.05) is 11.9 Å². The number of anilines is 1. The van der Waals surface area contributed by atoms with E-state index in [1.807, 2.05) is 54.6 Å². The Hall–Kier alpha value is -3.97. The van der Waals surface area contributed by atoms with Crippen molar-refractivity contribution in [1.82, 2.24) is 4.98 Å². The number of hydrogen-bond acceptors (Lipinski definition) is 5. The second-order valence-corrected chi connectivity index (χ2v) is 9.50. The van der Waals surface area contributed by atoms with Crippen LogP contribution in [-0.2, 0) is 16.0 Å². The van der Waals surface area contributed by atoms with Gasteiger partial charge in [-0.3, -0.25) is 4.79 Å². The number of halogens is 1. The van der Waals surface area contributed by atoms with E-state index in [4.69, 9.17) is 9.72 Å². The summed E-state index contributed by atoms with van der Waals surface area (Å²) in [6.07, 6.45) is 4.41. The fraction of sp³-hybridized carbons (Fsp3) is 0.138. The van der Waals surface area contributed by atoms with Gasteiger partial charge in [-0.15, -0.1) is 0 Å². The molecule has 0 aliphatic heterocycles. The minimum Gasteiger partial charge on any atom is -0.508 e. The molecular formula is C29H23BrN2O4. The van der Waals surface area contributed by atoms with Crippen molar-refractivity contribution in [3.05, 3.63) is 99.7 Å². The average molecular weight is 543 g/mol. The van der Waals surface area contributed by atoms with E-state index in [9.17, 15) is 14.7 Å². The third kappa shape index (κ3) is 5.16. The summed E-state index contributed by atoms with van der Waals surface area (Å²) < 4.78 is 6.33. The molecule has 4 aromatic rings. The first-order chi connectivity index (χ1) is 17.5. The van der Waals surface area contributed by atoms with Crippen LogP contribution in [0.5, 0.6) is 5.75 Å². The number of rotatable bonds is 5. The highest BCUT2D eigenvalue weighted by atomic mass is 79.9. The molecule has 36 heavy (non-hydrogen) atoms. The third-order valence-electron chi connectivity index (χ3n) is 6.05. The van der Waals surface area contributed by atoms with Gasteiger partial charge in [0.25, 0.3) is 5.91 Å². The molecule has 1 aliphatic carbocycles. The maximum absolute atomic E-state index is 13.4. The number of fused-ring (bicyclic) bond motifs is 2. The van der Waals surface area contributed by atoms with Crippen LogP contribution in [0, 0.1) is 0 Å². The third-order valence-corrected chi connectivity index (χ3v) is 6.54. The highest BCUT2D eigenvalue weighted by Gasteiger charge is 2.26. The number of phenols is 1. The van der Waals surface area contributed by atoms with Crippen molar-refractivity contribution in [2.24, 2.45) is 0 Å². The molecule has 5 rings (SSSR count). The van der Waals surface area contributed by atoms with Gasteiger partial charge >= 0.3 is 5.97 Å². The van der Waals surface area contributed by atoms with Gasteiger partial charge in [0.15, 0.2) is 6.61 Å². The summed E-state index contributed by atoms with van der Waals surface area (Å²) in [6, 6.07) is 21.7. The lowest BCUT2D eigenvalue weighted by Gasteiger charge is -2.22. The van der Waals surface area contributed by atoms with Crippen molar-refractivity contribution in [3.63, 3.8) is 0 Å². The van der Waals surface area contributed by atoms with Crippen molar-refractivity contribution < 1.29 is 19.4 Å². The molecule has 0 saturated heterocycles. The number of hydrogen-bond donors (Lipinski definition) is 2. The molecule has 0 bridgehead atoms. The topological polar surface area (TPSA) is 88.5 Å². The highest BCUT2D eigenvalue weighted by molar-refractivity contribution is 9.10. The van der Waals surface area contributed by atoms with Crippen molar-refractivity contribution in [1.29, 1.82) is 0 Å². The monoisotopic (exact) mass is 542 g/mol. The quantitative estimate of drug-likeness (QED) is 0.286. The van der Waals surface area contributed by atoms with Crippen LogP contribution < -0.4 is 5.32 Å². The Kier molecular flexibility index (Phi) is 6.82. The van der Waals surface area contributed by atoms with Gasteiger partial charge in [0.2, 0.25) is 0 Å². The molecule has 6 nitrogen and oxygen atoms in total. The molecule has 1 aliphatic rings. The van der Waals surface area contributed by atoms with E-state index in [1.165, 1.54) is 0 Å². The van der Waals surface area contributed by atoms with Crippen LogP contribution in [0.25, 0.3) is 22.6 Å². The summed E-state index contributed by atoms with van der Waals surface area (Å²) in [6.45, 7) is -0.396. The summed E-state index contributed by atoms with van der Waals surface area (Å²) >= 11 is 3.37. The van der Waals surface area contributed by atoms with Crippen LogP contribution in [0.2, 0.25) is 0 Å². The largest absolute Gasteiger partial charge is 0.508 e. The number of nitrogens with zero attached hydrogens (tertiary/aromatic N) is 1. The van der Waals surface area contributed by atoms with Gasteiger partial charge < -0.3 is 15.2 Å². The zero-order valence-electron chi connectivity index (χ0n) is 19.3. The Morgan fingerprint density at radius 2 is 1.83 bits per heavy atom. The van der Waals surface area contributed by atoms with E-state index < -0.39 is 18.5 Å². The average Bonchev–Trinajstić information content (AvgIpc) is 2.87. The Balaban J connectivity index is 1.46. The Morgan fingerprint density at radius 1 is 1.03 bits per heavy atom. The molecule has 180 valence electrons. The Morgan fingerprint density at radius 3 is 2.64 bits per heavy atom. The van der Waals surface area contributed by atoms with E-state index in [0.717, 1.165) is 39.7 Å². The second kappa shape index (κ2) is 10.3. The second-order valence-electron chi connectivity index (χ2n) is 8.58. The normalized spacial score (nSPS) is 13.9. The predicted molar refractivity (Wildman–Crippen MR) is 144 cm³/mol. The van der Waals surface area contributed by atoms with E-state index in [-0.39, 0.29) is 5.75 Å². The van der Waals surface area contributed by atoms with E-state index >= 15 is 0 Å². The van der Waals surface area contributed by atoms with Crippen molar-refractivity contribution in [3.8, 4) is 5.75 Å². The molecule has 1 heterocycles. The Labute approximate surface area is 216 Å². The summed E-state index contributed by atoms with van der Waals surface area (Å²) in [7, 11) is 0. The summed E-state index contributed by atoms with van der Waals surface area (Å²) in [4.78, 5) is 30.7. The number of carbonyl (C=O) groups excluding carboxylic acids is 2. The summed E-state index contributed by atoms with van der Waals surface area (Å²) in [5.74, 6) is -0.749. The van der Waals surface area contributed by atoms with Crippen LogP contribution >= 0.6 is 15.9 Å². The SMILES string of the molecule is O=C(COC(=O)c1c2c(nc3ccccc13)/C(=C\c1ccc(O)cc1)CCC2)Nc1cccc(Br)c1. The van der Waals surface area contributed by atoms with Gasteiger partial charge in [-0.1, -0.05) is 52.3 Å². The number of nitrogens with one attached hydrogen (secondary N) is 1. The summed E-state index contributed by atoms with van der Waals surface area (Å²) in [5, 5.41) is 13.1. The van der Waals surface area contributed by atoms with Gasteiger partial charge in [0, 0.05) is 15.5 Å². The number of aromatic hydroxyl groups is 1. The fourth-order valence-electron chi connectivity index (χ4n) is 4.45. The maximum atomic E-state index is 13.4. The van der Waals surface area contributed by atoms with Crippen molar-refractivity contribution >= 4 is 56.0 Å². The maximum Gasteiger partial charge on any atom is 0.339 e. The van der Waals surface area contributed by atoms with Crippen LogP contribution in [0.1, 0.15) is 40.0 Å². The lowest BCUT2D eigenvalue weighted by Crippen LogP contribution is -2.22. The molecule has 0 saturated carbocycles. The molecular weight excluding hydrogens is 520 g/mol. The minimum atomic E-state index is -0.542. The molecule has 3 aromatic carbocycles. The molecule has 0 radical (unpaired) electrons. The number of esters is 1. The number of para-hydroxylation sites is 1. The number of pyridine rings is 1. The lowest BCUT2D eigenvalue weighted by molar-refractivity contribution is -0.119. The standard InChI is InChI=1S/C29H23BrN2O4/c30-20-6-4-7-21(16-20)31-26(34)17-36-29(35)27-23-8-1-2-10-25(23)32-28-19(5-3-9-24(27)28)15-18-11-13-22(33)14-12-18/h1-2,4,6-8,10-16,33H,3,5,9,17H2,(H,31,34)/b19-15-. The molecule has 7 heteroatoms. The van der Waals surface area contributed by atoms with E-state index in [1.54, 1.807) is 24.3 Å². The fourth-order valence-corrected chi connectivity index (χ4v) is 4.85. The van der Waals surface area contributed by atoms with Crippen molar-refractivity contribution in [2.45, 2.75) is 19.3 Å². The van der Waals surface area contributed by atoms with Crippen LogP contribution in [0.4, 0.5) is 5.69 Å². The number of aromatic nitrogens is 1. The number of ether oxygens (including phenoxy) is 1. The first kappa shape index (κ1) is 23.8. The van der Waals surface area contributed by atoms with Crippen LogP contribution in [0.3, 0.4) is 0 Å². The van der Waals surface area contributed by atoms with Gasteiger partial charge in [0.05, 0.1) is 16.8 Å². The van der Waals surface area contributed by atoms with Gasteiger partial charge in [0.1, 0.15) is 5.75 Å². The molecule has 2 N–H and O–H groups in total. The highest BCUT2D eigenvalue weighted by Crippen LogP contribution is 2.36. The van der Waals surface area contributed by atoms with Gasteiger partial charge in [-0.2, -0.15) is 0 Å². The molecule has 0 fully saturated rings. The Bertz CT molecular complexity index is 1500. The number of allylic oxidation sites excluding steroid dienone is 1. The zero-order chi connectivity index (χ0) is 25.1. The molecule has 1 amide bonds. The van der Waals surface area contributed by atoms with Crippen LogP contribution in [-0.4, -0.2) is 28.6 Å². The lowest BCUT2D eigenvalue weighted by atomic mass is 9.86. The molecule has 0 atom stereocenters. The summed E-state index contributed by atoms with van der Waals surface area (Å²) in [5.41, 5.74) is 5.35. The van der Waals surface area contributed by atoms with Crippen LogP contribution in [0.15, 0.2) is 77.3 Å². The van der Waals surface area contributed by atoms with Gasteiger partial charge in [-0.05, 0) is 78.4 Å². The zero-order valence-corrected chi connectivity index (χ0v) is 20.9. The number of phenolic OH excluding ortho intramolecular Hbond substituents is 1. The van der Waals surface area contributed by atoms with E-state index in [0.29, 0.717) is 28.6 Å². The number of amides is 1. The number of carbonyl (C=O) groups is 2. The molecule has 0 spiro atoms. The first-order valence-electron chi connectivity index (χ1n) is 11.6. The molecule has 1 aromatic heterocycles. The van der Waals surface area contributed by atoms with Gasteiger partial charge in [-0.25, -0.2) is 9.78 Å². The molecule has 0 unspecified atom stereocenters. The van der Waals surface area contributed by atoms with E-state index in [2.05, 4.69) is 21.2 Å². The predicted octanol–water partition coefficient (Wildman–Crippen LogP) is 6.38. The minimum absolute atomic E-state index is 0.208. The first-order valence-corrected chi connectivity index (χ1v) is 12.4. The smallest absolute Gasteiger partial charge is 0.339 e.